The molecule has 3 rings (SSSR count). The van der Waals surface area contributed by atoms with Crippen molar-refractivity contribution in [3.63, 3.8) is 0 Å². The SMILES string of the molecule is C[C@H](Nc1ccccc1Cc1cc(Br)cc2[nH]c(=O)c(=O)[nH]c12)C(=O)O. The third kappa shape index (κ3) is 3.70. The van der Waals surface area contributed by atoms with Gasteiger partial charge in [-0.15, -0.1) is 0 Å². The number of aromatic amines is 2. The summed E-state index contributed by atoms with van der Waals surface area (Å²) < 4.78 is 0.757. The van der Waals surface area contributed by atoms with Crippen molar-refractivity contribution in [1.29, 1.82) is 0 Å². The van der Waals surface area contributed by atoms with Crippen molar-refractivity contribution < 1.29 is 9.90 Å². The summed E-state index contributed by atoms with van der Waals surface area (Å²) in [4.78, 5) is 39.6. The molecule has 0 amide bonds. The normalized spacial score (nSPS) is 12.1. The Labute approximate surface area is 156 Å². The van der Waals surface area contributed by atoms with Gasteiger partial charge in [0.05, 0.1) is 11.0 Å². The second kappa shape index (κ2) is 7.17. The summed E-state index contributed by atoms with van der Waals surface area (Å²) in [6, 6.07) is 10.2. The van der Waals surface area contributed by atoms with E-state index < -0.39 is 23.1 Å². The van der Waals surface area contributed by atoms with E-state index in [1.54, 1.807) is 19.1 Å². The smallest absolute Gasteiger partial charge is 0.325 e. The Morgan fingerprint density at radius 3 is 2.58 bits per heavy atom. The van der Waals surface area contributed by atoms with Gasteiger partial charge in [-0.1, -0.05) is 34.1 Å². The predicted octanol–water partition coefficient (Wildman–Crippen LogP) is 2.45. The molecule has 1 atom stereocenters. The fourth-order valence-electron chi connectivity index (χ4n) is 2.71. The molecular weight excluding hydrogens is 402 g/mol. The maximum absolute atomic E-state index is 11.7. The quantitative estimate of drug-likeness (QED) is 0.476. The van der Waals surface area contributed by atoms with Crippen molar-refractivity contribution in [3.05, 3.63) is 72.7 Å². The zero-order valence-corrected chi connectivity index (χ0v) is 15.4. The molecule has 0 aliphatic carbocycles. The number of hydrogen-bond acceptors (Lipinski definition) is 4. The molecule has 0 radical (unpaired) electrons. The highest BCUT2D eigenvalue weighted by atomic mass is 79.9. The van der Waals surface area contributed by atoms with Gasteiger partial charge in [-0.05, 0) is 36.2 Å². The Morgan fingerprint density at radius 2 is 1.85 bits per heavy atom. The number of para-hydroxylation sites is 1. The van der Waals surface area contributed by atoms with Crippen LogP contribution in [-0.2, 0) is 11.2 Å². The van der Waals surface area contributed by atoms with Gasteiger partial charge in [-0.3, -0.25) is 14.4 Å². The van der Waals surface area contributed by atoms with E-state index in [2.05, 4.69) is 31.2 Å². The Bertz CT molecular complexity index is 1100. The van der Waals surface area contributed by atoms with Crippen LogP contribution in [0.15, 0.2) is 50.5 Å². The lowest BCUT2D eigenvalue weighted by Gasteiger charge is -2.16. The van der Waals surface area contributed by atoms with Crippen LogP contribution in [0.25, 0.3) is 11.0 Å². The number of nitrogens with one attached hydrogen (secondary N) is 3. The van der Waals surface area contributed by atoms with Gasteiger partial charge in [0.15, 0.2) is 0 Å². The molecule has 134 valence electrons. The molecule has 0 unspecified atom stereocenters. The fourth-order valence-corrected chi connectivity index (χ4v) is 3.22. The molecule has 1 aromatic heterocycles. The Balaban J connectivity index is 2.07. The molecule has 0 saturated heterocycles. The van der Waals surface area contributed by atoms with E-state index >= 15 is 0 Å². The summed E-state index contributed by atoms with van der Waals surface area (Å²) in [5.41, 5.74) is 1.99. The molecule has 26 heavy (non-hydrogen) atoms. The minimum absolute atomic E-state index is 0.438. The fraction of sp³-hybridized carbons (Fsp3) is 0.167. The minimum atomic E-state index is -0.949. The Hall–Kier alpha value is -2.87. The number of anilines is 1. The second-order valence-electron chi connectivity index (χ2n) is 5.93. The number of hydrogen-bond donors (Lipinski definition) is 4. The van der Waals surface area contributed by atoms with Crippen molar-refractivity contribution in [2.45, 2.75) is 19.4 Å². The second-order valence-corrected chi connectivity index (χ2v) is 6.85. The van der Waals surface area contributed by atoms with Crippen molar-refractivity contribution in [2.24, 2.45) is 0 Å². The first-order chi connectivity index (χ1) is 12.3. The van der Waals surface area contributed by atoms with Crippen molar-refractivity contribution in [3.8, 4) is 0 Å². The van der Waals surface area contributed by atoms with Crippen LogP contribution in [0.2, 0.25) is 0 Å². The molecule has 0 aliphatic rings. The number of carbonyl (C=O) groups is 1. The van der Waals surface area contributed by atoms with E-state index in [4.69, 9.17) is 5.11 Å². The maximum Gasteiger partial charge on any atom is 0.325 e. The van der Waals surface area contributed by atoms with Gasteiger partial charge in [0.2, 0.25) is 0 Å². The van der Waals surface area contributed by atoms with Gasteiger partial charge >= 0.3 is 17.1 Å². The molecule has 0 aliphatic heterocycles. The van der Waals surface area contributed by atoms with Gasteiger partial charge in [0, 0.05) is 16.6 Å². The lowest BCUT2D eigenvalue weighted by molar-refractivity contribution is -0.137. The largest absolute Gasteiger partial charge is 0.480 e. The van der Waals surface area contributed by atoms with Crippen LogP contribution in [0.1, 0.15) is 18.1 Å². The summed E-state index contributed by atoms with van der Waals surface area (Å²) >= 11 is 3.41. The van der Waals surface area contributed by atoms with Crippen LogP contribution in [0.3, 0.4) is 0 Å². The number of rotatable bonds is 5. The molecule has 0 bridgehead atoms. The zero-order chi connectivity index (χ0) is 18.8. The first-order valence-corrected chi connectivity index (χ1v) is 8.66. The number of fused-ring (bicyclic) bond motifs is 1. The predicted molar refractivity (Wildman–Crippen MR) is 103 cm³/mol. The molecule has 0 spiro atoms. The summed E-state index contributed by atoms with van der Waals surface area (Å²) in [5, 5.41) is 12.1. The van der Waals surface area contributed by atoms with Crippen LogP contribution in [0.5, 0.6) is 0 Å². The van der Waals surface area contributed by atoms with Crippen molar-refractivity contribution in [2.75, 3.05) is 5.32 Å². The molecule has 7 nitrogen and oxygen atoms in total. The van der Waals surface area contributed by atoms with E-state index in [1.165, 1.54) is 0 Å². The molecule has 1 heterocycles. The molecule has 8 heteroatoms. The number of benzene rings is 2. The first kappa shape index (κ1) is 17.9. The summed E-state index contributed by atoms with van der Waals surface area (Å²) in [5.74, 6) is -0.949. The Kier molecular flexibility index (Phi) is 4.94. The standard InChI is InChI=1S/C18H16BrN3O4/c1-9(18(25)26)20-13-5-3-2-4-10(13)6-11-7-12(19)8-14-15(11)22-17(24)16(23)21-14/h2-5,7-9,20H,6H2,1H3,(H,21,23)(H,22,24)(H,25,26)/t9-/m0/s1. The monoisotopic (exact) mass is 417 g/mol. The zero-order valence-electron chi connectivity index (χ0n) is 13.8. The minimum Gasteiger partial charge on any atom is -0.480 e. The molecular formula is C18H16BrN3O4. The maximum atomic E-state index is 11.7. The van der Waals surface area contributed by atoms with Crippen LogP contribution >= 0.6 is 15.9 Å². The van der Waals surface area contributed by atoms with E-state index in [9.17, 15) is 14.4 Å². The van der Waals surface area contributed by atoms with Crippen LogP contribution < -0.4 is 16.4 Å². The highest BCUT2D eigenvalue weighted by Gasteiger charge is 2.14. The van der Waals surface area contributed by atoms with Gasteiger partial charge in [-0.25, -0.2) is 0 Å². The highest BCUT2D eigenvalue weighted by molar-refractivity contribution is 9.10. The number of H-pyrrole nitrogens is 2. The molecule has 0 saturated carbocycles. The van der Waals surface area contributed by atoms with Gasteiger partial charge in [0.1, 0.15) is 6.04 Å². The number of aliphatic carboxylic acids is 1. The summed E-state index contributed by atoms with van der Waals surface area (Å²) in [6.07, 6.45) is 0.438. The lowest BCUT2D eigenvalue weighted by Crippen LogP contribution is -2.29. The van der Waals surface area contributed by atoms with Crippen LogP contribution in [-0.4, -0.2) is 27.1 Å². The molecule has 2 aromatic carbocycles. The lowest BCUT2D eigenvalue weighted by atomic mass is 10.0. The topological polar surface area (TPSA) is 115 Å². The third-order valence-corrected chi connectivity index (χ3v) is 4.48. The van der Waals surface area contributed by atoms with Crippen molar-refractivity contribution >= 4 is 38.6 Å². The average molecular weight is 418 g/mol. The van der Waals surface area contributed by atoms with Crippen LogP contribution in [0, 0.1) is 0 Å². The van der Waals surface area contributed by atoms with Crippen molar-refractivity contribution in [1.82, 2.24) is 9.97 Å². The number of carboxylic acid groups (broad SMARTS) is 1. The average Bonchev–Trinajstić information content (AvgIpc) is 2.58. The highest BCUT2D eigenvalue weighted by Crippen LogP contribution is 2.26. The molecule has 3 aromatic rings. The number of halogens is 1. The van der Waals surface area contributed by atoms with Gasteiger partial charge in [0.25, 0.3) is 0 Å². The van der Waals surface area contributed by atoms with E-state index in [0.29, 0.717) is 23.1 Å². The number of aromatic nitrogens is 2. The molecule has 4 N–H and O–H groups in total. The van der Waals surface area contributed by atoms with E-state index in [1.807, 2.05) is 24.3 Å². The van der Waals surface area contributed by atoms with Gasteiger partial charge < -0.3 is 20.4 Å². The first-order valence-electron chi connectivity index (χ1n) is 7.87. The van der Waals surface area contributed by atoms with E-state index in [0.717, 1.165) is 15.6 Å². The Morgan fingerprint density at radius 1 is 1.15 bits per heavy atom. The summed E-state index contributed by atoms with van der Waals surface area (Å²) in [6.45, 7) is 1.57. The molecule has 0 fully saturated rings. The van der Waals surface area contributed by atoms with E-state index in [-0.39, 0.29) is 0 Å². The van der Waals surface area contributed by atoms with Crippen LogP contribution in [0.4, 0.5) is 5.69 Å². The third-order valence-electron chi connectivity index (χ3n) is 4.02. The number of carboxylic acids is 1. The summed E-state index contributed by atoms with van der Waals surface area (Å²) in [7, 11) is 0. The van der Waals surface area contributed by atoms with Gasteiger partial charge in [-0.2, -0.15) is 0 Å².